The third kappa shape index (κ3) is 4.47. The van der Waals surface area contributed by atoms with Gasteiger partial charge in [0.1, 0.15) is 11.4 Å². The highest BCUT2D eigenvalue weighted by Crippen LogP contribution is 2.21. The van der Waals surface area contributed by atoms with Gasteiger partial charge in [0.2, 0.25) is 0 Å². The molecule has 0 radical (unpaired) electrons. The molecule has 132 valence electrons. The number of aryl methyl sites for hydroxylation is 1. The smallest absolute Gasteiger partial charge is 0.286 e. The number of aromatic amines is 1. The third-order valence-corrected chi connectivity index (χ3v) is 3.86. The average Bonchev–Trinajstić information content (AvgIpc) is 3.06. The van der Waals surface area contributed by atoms with Crippen LogP contribution in [0.15, 0.2) is 30.5 Å². The van der Waals surface area contributed by atoms with Gasteiger partial charge in [0.25, 0.3) is 11.8 Å². The highest BCUT2D eigenvalue weighted by molar-refractivity contribution is 5.99. The second-order valence-electron chi connectivity index (χ2n) is 5.76. The van der Waals surface area contributed by atoms with Crippen LogP contribution >= 0.6 is 0 Å². The van der Waals surface area contributed by atoms with Crippen molar-refractivity contribution in [1.82, 2.24) is 15.8 Å². The number of amides is 2. The molecule has 1 atom stereocenters. The van der Waals surface area contributed by atoms with Crippen LogP contribution in [0.5, 0.6) is 5.75 Å². The van der Waals surface area contributed by atoms with Gasteiger partial charge in [-0.15, -0.1) is 0 Å². The lowest BCUT2D eigenvalue weighted by Gasteiger charge is -2.17. The number of hydrazine groups is 1. The van der Waals surface area contributed by atoms with Crippen molar-refractivity contribution in [2.24, 2.45) is 0 Å². The molecule has 2 amide bonds. The molecule has 1 aromatic heterocycles. The van der Waals surface area contributed by atoms with Gasteiger partial charge in [-0.25, -0.2) is 0 Å². The highest BCUT2D eigenvalue weighted by Gasteiger charge is 2.18. The quantitative estimate of drug-likeness (QED) is 0.571. The van der Waals surface area contributed by atoms with Gasteiger partial charge in [0.05, 0.1) is 0 Å². The van der Waals surface area contributed by atoms with E-state index in [9.17, 15) is 14.4 Å². The van der Waals surface area contributed by atoms with Gasteiger partial charge < -0.3 is 9.72 Å². The van der Waals surface area contributed by atoms with E-state index in [-0.39, 0.29) is 11.5 Å². The number of aromatic nitrogens is 1. The van der Waals surface area contributed by atoms with E-state index >= 15 is 0 Å². The fraction of sp³-hybridized carbons (Fsp3) is 0.278. The van der Waals surface area contributed by atoms with Crippen LogP contribution in [0.25, 0.3) is 0 Å². The maximum absolute atomic E-state index is 12.1. The van der Waals surface area contributed by atoms with Crippen molar-refractivity contribution in [3.8, 4) is 5.75 Å². The van der Waals surface area contributed by atoms with Crippen LogP contribution < -0.4 is 15.6 Å². The Balaban J connectivity index is 1.91. The minimum absolute atomic E-state index is 0.158. The molecule has 2 aromatic rings. The van der Waals surface area contributed by atoms with E-state index < -0.39 is 17.9 Å². The van der Waals surface area contributed by atoms with Crippen LogP contribution in [-0.2, 0) is 4.79 Å². The van der Waals surface area contributed by atoms with Crippen LogP contribution in [-0.4, -0.2) is 28.7 Å². The Labute approximate surface area is 145 Å². The summed E-state index contributed by atoms with van der Waals surface area (Å²) >= 11 is 0. The summed E-state index contributed by atoms with van der Waals surface area (Å²) in [6.07, 6.45) is 0.642. The van der Waals surface area contributed by atoms with Gasteiger partial charge in [-0.3, -0.25) is 25.2 Å². The second-order valence-corrected chi connectivity index (χ2v) is 5.76. The van der Waals surface area contributed by atoms with Crippen LogP contribution in [0.4, 0.5) is 0 Å². The molecular formula is C18H21N3O4. The minimum atomic E-state index is -0.794. The Kier molecular flexibility index (Phi) is 5.59. The summed E-state index contributed by atoms with van der Waals surface area (Å²) in [7, 11) is 0. The van der Waals surface area contributed by atoms with Crippen LogP contribution in [0.2, 0.25) is 0 Å². The van der Waals surface area contributed by atoms with Crippen molar-refractivity contribution in [1.29, 1.82) is 0 Å². The lowest BCUT2D eigenvalue weighted by molar-refractivity contribution is -0.128. The monoisotopic (exact) mass is 343 g/mol. The first-order chi connectivity index (χ1) is 11.8. The number of hydrogen-bond donors (Lipinski definition) is 3. The van der Waals surface area contributed by atoms with Crippen LogP contribution in [0.3, 0.4) is 0 Å². The van der Waals surface area contributed by atoms with Crippen molar-refractivity contribution in [3.63, 3.8) is 0 Å². The lowest BCUT2D eigenvalue weighted by Crippen LogP contribution is -2.47. The molecule has 0 saturated carbocycles. The zero-order valence-corrected chi connectivity index (χ0v) is 14.6. The summed E-state index contributed by atoms with van der Waals surface area (Å²) in [5, 5.41) is 0. The van der Waals surface area contributed by atoms with Crippen molar-refractivity contribution >= 4 is 17.6 Å². The Morgan fingerprint density at radius 2 is 1.88 bits per heavy atom. The second kappa shape index (κ2) is 7.65. The van der Waals surface area contributed by atoms with Gasteiger partial charge in [-0.2, -0.15) is 0 Å². The van der Waals surface area contributed by atoms with E-state index in [1.54, 1.807) is 13.0 Å². The Hall–Kier alpha value is -3.09. The van der Waals surface area contributed by atoms with Gasteiger partial charge in [0.15, 0.2) is 11.9 Å². The summed E-state index contributed by atoms with van der Waals surface area (Å²) in [6, 6.07) is 7.01. The van der Waals surface area contributed by atoms with E-state index in [0.717, 1.165) is 11.1 Å². The maximum atomic E-state index is 12.1. The topological polar surface area (TPSA) is 100 Å². The molecular weight excluding hydrogens is 322 g/mol. The number of ketones is 1. The SMILES string of the molecule is CC(=O)c1c[nH]c(C(=O)NNC(=O)[C@@H](C)Oc2cccc(C)c2C)c1. The van der Waals surface area contributed by atoms with E-state index in [2.05, 4.69) is 15.8 Å². The van der Waals surface area contributed by atoms with Gasteiger partial charge in [0, 0.05) is 11.8 Å². The third-order valence-electron chi connectivity index (χ3n) is 3.86. The van der Waals surface area contributed by atoms with Crippen LogP contribution in [0.1, 0.15) is 45.8 Å². The lowest BCUT2D eigenvalue weighted by atomic mass is 10.1. The van der Waals surface area contributed by atoms with Crippen molar-refractivity contribution in [2.75, 3.05) is 0 Å². The molecule has 0 spiro atoms. The molecule has 7 nitrogen and oxygen atoms in total. The molecule has 0 aliphatic carbocycles. The number of rotatable bonds is 5. The molecule has 1 heterocycles. The first kappa shape index (κ1) is 18.3. The molecule has 1 aromatic carbocycles. The number of nitrogens with one attached hydrogen (secondary N) is 3. The normalized spacial score (nSPS) is 11.5. The Bertz CT molecular complexity index is 810. The fourth-order valence-corrected chi connectivity index (χ4v) is 2.11. The molecule has 0 saturated heterocycles. The van der Waals surface area contributed by atoms with E-state index in [1.165, 1.54) is 19.2 Å². The van der Waals surface area contributed by atoms with Crippen molar-refractivity contribution in [3.05, 3.63) is 52.8 Å². The first-order valence-corrected chi connectivity index (χ1v) is 7.82. The molecule has 0 aliphatic heterocycles. The van der Waals surface area contributed by atoms with Gasteiger partial charge in [-0.1, -0.05) is 12.1 Å². The van der Waals surface area contributed by atoms with E-state index in [1.807, 2.05) is 26.0 Å². The average molecular weight is 343 g/mol. The number of H-pyrrole nitrogens is 1. The van der Waals surface area contributed by atoms with Crippen molar-refractivity contribution < 1.29 is 19.1 Å². The number of ether oxygens (including phenoxy) is 1. The number of carbonyl (C=O) groups is 3. The minimum Gasteiger partial charge on any atom is -0.481 e. The molecule has 0 fully saturated rings. The van der Waals surface area contributed by atoms with Crippen LogP contribution in [0, 0.1) is 13.8 Å². The molecule has 0 aliphatic rings. The standard InChI is InChI=1S/C18H21N3O4/c1-10-6-5-7-16(11(10)2)25-13(4)17(23)20-21-18(24)15-8-14(9-19-15)12(3)22/h5-9,13,19H,1-4H3,(H,20,23)(H,21,24)/t13-/m1/s1. The summed E-state index contributed by atoms with van der Waals surface area (Å²) in [6.45, 7) is 6.86. The Morgan fingerprint density at radius 3 is 2.52 bits per heavy atom. The summed E-state index contributed by atoms with van der Waals surface area (Å²) < 4.78 is 5.65. The van der Waals surface area contributed by atoms with E-state index in [4.69, 9.17) is 4.74 Å². The molecule has 25 heavy (non-hydrogen) atoms. The Morgan fingerprint density at radius 1 is 1.16 bits per heavy atom. The molecule has 3 N–H and O–H groups in total. The van der Waals surface area contributed by atoms with Crippen molar-refractivity contribution in [2.45, 2.75) is 33.8 Å². The zero-order valence-electron chi connectivity index (χ0n) is 14.6. The molecule has 2 rings (SSSR count). The number of benzene rings is 1. The van der Waals surface area contributed by atoms with Gasteiger partial charge >= 0.3 is 0 Å². The summed E-state index contributed by atoms with van der Waals surface area (Å²) in [5.41, 5.74) is 7.17. The fourth-order valence-electron chi connectivity index (χ4n) is 2.11. The summed E-state index contributed by atoms with van der Waals surface area (Å²) in [5.74, 6) is -0.591. The highest BCUT2D eigenvalue weighted by atomic mass is 16.5. The largest absolute Gasteiger partial charge is 0.481 e. The van der Waals surface area contributed by atoms with Gasteiger partial charge in [-0.05, 0) is 51.0 Å². The first-order valence-electron chi connectivity index (χ1n) is 7.82. The number of hydrogen-bond acceptors (Lipinski definition) is 4. The molecule has 0 unspecified atom stereocenters. The number of Topliss-reactive ketones (excluding diaryl/α,β-unsaturated/α-hetero) is 1. The van der Waals surface area contributed by atoms with E-state index in [0.29, 0.717) is 11.3 Å². The predicted molar refractivity (Wildman–Crippen MR) is 92.4 cm³/mol. The molecule has 7 heteroatoms. The summed E-state index contributed by atoms with van der Waals surface area (Å²) in [4.78, 5) is 37.9. The number of carbonyl (C=O) groups excluding carboxylic acids is 3. The molecule has 0 bridgehead atoms. The predicted octanol–water partition coefficient (Wildman–Crippen LogP) is 2.06. The zero-order chi connectivity index (χ0) is 18.6. The maximum Gasteiger partial charge on any atom is 0.286 e.